The monoisotopic (exact) mass is 394 g/mol. The molecule has 7 heteroatoms. The van der Waals surface area contributed by atoms with Crippen molar-refractivity contribution in [3.8, 4) is 39.7 Å². The summed E-state index contributed by atoms with van der Waals surface area (Å²) in [6.45, 7) is 1.96. The highest BCUT2D eigenvalue weighted by Crippen LogP contribution is 2.30. The minimum atomic E-state index is 0.574. The van der Waals surface area contributed by atoms with Crippen molar-refractivity contribution in [1.29, 1.82) is 0 Å². The molecular weight excluding hydrogens is 376 g/mol. The molecule has 5 rings (SSSR count). The molecule has 0 fully saturated rings. The van der Waals surface area contributed by atoms with Crippen LogP contribution in [0.1, 0.15) is 5.69 Å². The number of nitrogens with one attached hydrogen (secondary N) is 1. The van der Waals surface area contributed by atoms with Gasteiger partial charge in [-0.2, -0.15) is 5.10 Å². The number of hydrogen-bond donors (Lipinski definition) is 1. The van der Waals surface area contributed by atoms with Gasteiger partial charge in [-0.15, -0.1) is 0 Å². The zero-order valence-corrected chi connectivity index (χ0v) is 16.5. The molecule has 5 aromatic heterocycles. The van der Waals surface area contributed by atoms with E-state index in [0.29, 0.717) is 5.88 Å². The number of methoxy groups -OCH3 is 1. The number of pyridine rings is 4. The van der Waals surface area contributed by atoms with Crippen LogP contribution in [0.4, 0.5) is 0 Å². The SMILES string of the molecule is COc1ccc(-c2cnc3ccc(-c4c[nH]nc4-c4cccc(C)n4)nc3c2)cn1. The molecule has 0 unspecified atom stereocenters. The highest BCUT2D eigenvalue weighted by Gasteiger charge is 2.14. The molecular formula is C23H18N6O. The van der Waals surface area contributed by atoms with Crippen molar-refractivity contribution in [2.75, 3.05) is 7.11 Å². The highest BCUT2D eigenvalue weighted by atomic mass is 16.5. The standard InChI is InChI=1S/C23H18N6O/c1-14-4-3-5-20(27-14)23-17(13-26-29-23)18-7-8-19-21(28-18)10-16(12-24-19)15-6-9-22(30-2)25-11-15/h3-13H,1-2H3,(H,26,29). The molecule has 5 aromatic rings. The molecule has 0 aliphatic rings. The zero-order valence-electron chi connectivity index (χ0n) is 16.5. The summed E-state index contributed by atoms with van der Waals surface area (Å²) in [5.41, 5.74) is 7.73. The van der Waals surface area contributed by atoms with Gasteiger partial charge >= 0.3 is 0 Å². The van der Waals surface area contributed by atoms with Gasteiger partial charge in [0.15, 0.2) is 0 Å². The fourth-order valence-corrected chi connectivity index (χ4v) is 3.34. The predicted molar refractivity (Wildman–Crippen MR) is 115 cm³/mol. The fraction of sp³-hybridized carbons (Fsp3) is 0.0870. The molecule has 0 aliphatic carbocycles. The van der Waals surface area contributed by atoms with Gasteiger partial charge in [0.1, 0.15) is 5.69 Å². The van der Waals surface area contributed by atoms with Crippen molar-refractivity contribution in [3.63, 3.8) is 0 Å². The lowest BCUT2D eigenvalue weighted by atomic mass is 10.1. The Labute approximate surface area is 172 Å². The maximum atomic E-state index is 5.13. The van der Waals surface area contributed by atoms with Crippen LogP contribution in [0.15, 0.2) is 67.1 Å². The summed E-state index contributed by atoms with van der Waals surface area (Å²) in [7, 11) is 1.60. The number of aryl methyl sites for hydroxylation is 1. The van der Waals surface area contributed by atoms with Crippen LogP contribution < -0.4 is 4.74 Å². The van der Waals surface area contributed by atoms with Crippen LogP contribution in [0.3, 0.4) is 0 Å². The largest absolute Gasteiger partial charge is 0.481 e. The van der Waals surface area contributed by atoms with Gasteiger partial charge in [0.05, 0.1) is 29.5 Å². The van der Waals surface area contributed by atoms with Gasteiger partial charge in [-0.3, -0.25) is 15.1 Å². The van der Waals surface area contributed by atoms with E-state index in [4.69, 9.17) is 9.72 Å². The molecule has 0 aromatic carbocycles. The van der Waals surface area contributed by atoms with Crippen LogP contribution >= 0.6 is 0 Å². The first-order chi connectivity index (χ1) is 14.7. The van der Waals surface area contributed by atoms with Crippen molar-refractivity contribution < 1.29 is 4.74 Å². The quantitative estimate of drug-likeness (QED) is 0.484. The Morgan fingerprint density at radius 3 is 2.53 bits per heavy atom. The van der Waals surface area contributed by atoms with Gasteiger partial charge < -0.3 is 4.74 Å². The van der Waals surface area contributed by atoms with E-state index in [-0.39, 0.29) is 0 Å². The maximum absolute atomic E-state index is 5.13. The van der Waals surface area contributed by atoms with Crippen LogP contribution in [0, 0.1) is 6.92 Å². The zero-order chi connectivity index (χ0) is 20.5. The molecule has 0 saturated carbocycles. The number of aromatic amines is 1. The summed E-state index contributed by atoms with van der Waals surface area (Å²) in [4.78, 5) is 18.3. The number of nitrogens with zero attached hydrogens (tertiary/aromatic N) is 5. The molecule has 0 atom stereocenters. The molecule has 0 amide bonds. The summed E-state index contributed by atoms with van der Waals surface area (Å²) in [5, 5.41) is 7.35. The highest BCUT2D eigenvalue weighted by molar-refractivity contribution is 5.85. The van der Waals surface area contributed by atoms with Gasteiger partial charge in [-0.1, -0.05) is 6.07 Å². The molecule has 0 radical (unpaired) electrons. The van der Waals surface area contributed by atoms with E-state index in [1.807, 2.05) is 67.8 Å². The Bertz CT molecular complexity index is 1340. The fourth-order valence-electron chi connectivity index (χ4n) is 3.34. The van der Waals surface area contributed by atoms with Crippen LogP contribution in [0.2, 0.25) is 0 Å². The average molecular weight is 394 g/mol. The summed E-state index contributed by atoms with van der Waals surface area (Å²) in [6, 6.07) is 15.6. The summed E-state index contributed by atoms with van der Waals surface area (Å²) < 4.78 is 5.13. The second-order valence-corrected chi connectivity index (χ2v) is 6.86. The number of ether oxygens (including phenoxy) is 1. The maximum Gasteiger partial charge on any atom is 0.212 e. The van der Waals surface area contributed by atoms with E-state index in [0.717, 1.165) is 50.5 Å². The van der Waals surface area contributed by atoms with E-state index in [1.54, 1.807) is 13.3 Å². The van der Waals surface area contributed by atoms with Gasteiger partial charge in [0.25, 0.3) is 0 Å². The van der Waals surface area contributed by atoms with Gasteiger partial charge in [-0.05, 0) is 43.3 Å². The van der Waals surface area contributed by atoms with Crippen molar-refractivity contribution in [3.05, 3.63) is 72.8 Å². The number of fused-ring (bicyclic) bond motifs is 1. The van der Waals surface area contributed by atoms with E-state index in [9.17, 15) is 0 Å². The Hall–Kier alpha value is -4.13. The van der Waals surface area contributed by atoms with Crippen molar-refractivity contribution in [2.24, 2.45) is 0 Å². The molecule has 0 aliphatic heterocycles. The lowest BCUT2D eigenvalue weighted by molar-refractivity contribution is 0.398. The van der Waals surface area contributed by atoms with E-state index in [2.05, 4.69) is 25.1 Å². The van der Waals surface area contributed by atoms with E-state index >= 15 is 0 Å². The van der Waals surface area contributed by atoms with Gasteiger partial charge in [0.2, 0.25) is 5.88 Å². The number of H-pyrrole nitrogens is 1. The van der Waals surface area contributed by atoms with Crippen LogP contribution in [0.5, 0.6) is 5.88 Å². The summed E-state index contributed by atoms with van der Waals surface area (Å²) in [6.07, 6.45) is 5.44. The third-order valence-corrected chi connectivity index (χ3v) is 4.86. The number of aromatic nitrogens is 6. The molecule has 7 nitrogen and oxygen atoms in total. The second-order valence-electron chi connectivity index (χ2n) is 6.86. The molecule has 0 spiro atoms. The molecule has 0 saturated heterocycles. The lowest BCUT2D eigenvalue weighted by Gasteiger charge is -2.06. The smallest absolute Gasteiger partial charge is 0.212 e. The number of rotatable bonds is 4. The van der Waals surface area contributed by atoms with Gasteiger partial charge in [0, 0.05) is 47.0 Å². The minimum absolute atomic E-state index is 0.574. The first-order valence-electron chi connectivity index (χ1n) is 9.47. The average Bonchev–Trinajstić information content (AvgIpc) is 3.28. The lowest BCUT2D eigenvalue weighted by Crippen LogP contribution is -1.92. The first-order valence-corrected chi connectivity index (χ1v) is 9.47. The molecule has 5 heterocycles. The number of hydrogen-bond acceptors (Lipinski definition) is 6. The van der Waals surface area contributed by atoms with E-state index < -0.39 is 0 Å². The third kappa shape index (κ3) is 3.26. The van der Waals surface area contributed by atoms with Gasteiger partial charge in [-0.25, -0.2) is 9.97 Å². The summed E-state index contributed by atoms with van der Waals surface area (Å²) in [5.74, 6) is 0.574. The first kappa shape index (κ1) is 17.9. The Morgan fingerprint density at radius 1 is 0.833 bits per heavy atom. The van der Waals surface area contributed by atoms with Crippen molar-refractivity contribution >= 4 is 11.0 Å². The molecule has 146 valence electrons. The van der Waals surface area contributed by atoms with Crippen LogP contribution in [0.25, 0.3) is 44.8 Å². The Kier molecular flexibility index (Phi) is 4.40. The molecule has 1 N–H and O–H groups in total. The van der Waals surface area contributed by atoms with E-state index in [1.165, 1.54) is 0 Å². The molecule has 30 heavy (non-hydrogen) atoms. The topological polar surface area (TPSA) is 89.5 Å². The minimum Gasteiger partial charge on any atom is -0.481 e. The van der Waals surface area contributed by atoms with Crippen molar-refractivity contribution in [1.82, 2.24) is 30.1 Å². The second kappa shape index (κ2) is 7.36. The summed E-state index contributed by atoms with van der Waals surface area (Å²) >= 11 is 0. The predicted octanol–water partition coefficient (Wildman–Crippen LogP) is 4.46. The normalized spacial score (nSPS) is 11.0. The van der Waals surface area contributed by atoms with Crippen LogP contribution in [-0.2, 0) is 0 Å². The molecule has 0 bridgehead atoms. The third-order valence-electron chi connectivity index (χ3n) is 4.86. The van der Waals surface area contributed by atoms with Crippen molar-refractivity contribution in [2.45, 2.75) is 6.92 Å². The Morgan fingerprint density at radius 2 is 1.73 bits per heavy atom. The van der Waals surface area contributed by atoms with Crippen LogP contribution in [-0.4, -0.2) is 37.2 Å². The Balaban J connectivity index is 1.58.